The molecular weight excluding hydrogens is 224 g/mol. The van der Waals surface area contributed by atoms with Crippen LogP contribution in [-0.4, -0.2) is 17.3 Å². The van der Waals surface area contributed by atoms with Gasteiger partial charge in [0, 0.05) is 12.8 Å². The Kier molecular flexibility index (Phi) is 3.52. The Bertz CT molecular complexity index is 420. The number of aliphatic hydroxyl groups is 1. The summed E-state index contributed by atoms with van der Waals surface area (Å²) in [6, 6.07) is 6.36. The van der Waals surface area contributed by atoms with Crippen LogP contribution >= 0.6 is 0 Å². The predicted molar refractivity (Wildman–Crippen MR) is 73.7 cm³/mol. The van der Waals surface area contributed by atoms with E-state index in [9.17, 15) is 5.11 Å². The molecule has 2 rings (SSSR count). The Hall–Kier alpha value is -0.860. The maximum absolute atomic E-state index is 11.0. The molecule has 0 aliphatic carbocycles. The Morgan fingerprint density at radius 3 is 2.39 bits per heavy atom. The molecule has 2 heteroatoms. The van der Waals surface area contributed by atoms with Crippen molar-refractivity contribution in [2.75, 3.05) is 6.61 Å². The first kappa shape index (κ1) is 13.6. The minimum Gasteiger partial charge on any atom is -0.385 e. The highest BCUT2D eigenvalue weighted by Crippen LogP contribution is 2.41. The van der Waals surface area contributed by atoms with Gasteiger partial charge in [-0.3, -0.25) is 0 Å². The summed E-state index contributed by atoms with van der Waals surface area (Å²) in [5, 5.41) is 11.0. The molecule has 1 saturated heterocycles. The summed E-state index contributed by atoms with van der Waals surface area (Å²) in [6.45, 7) is 9.01. The van der Waals surface area contributed by atoms with E-state index in [1.807, 2.05) is 0 Å². The van der Waals surface area contributed by atoms with Gasteiger partial charge in [0.15, 0.2) is 0 Å². The lowest BCUT2D eigenvalue weighted by Gasteiger charge is -2.43. The zero-order chi connectivity index (χ0) is 13.4. The molecule has 0 amide bonds. The molecule has 0 saturated carbocycles. The largest absolute Gasteiger partial charge is 0.385 e. The zero-order valence-electron chi connectivity index (χ0n) is 11.9. The smallest absolute Gasteiger partial charge is 0.0946 e. The standard InChI is InChI=1S/C16H24O2/c1-5-15(4)11-16(17,6-7-18-15)14-9-12(2)8-13(3)10-14/h8-10,17H,5-7,11H2,1-4H3. The minimum atomic E-state index is -0.736. The molecule has 1 aliphatic heterocycles. The molecule has 1 aliphatic rings. The number of hydrogen-bond donors (Lipinski definition) is 1. The fraction of sp³-hybridized carbons (Fsp3) is 0.625. The molecule has 18 heavy (non-hydrogen) atoms. The number of rotatable bonds is 2. The van der Waals surface area contributed by atoms with E-state index >= 15 is 0 Å². The quantitative estimate of drug-likeness (QED) is 0.868. The van der Waals surface area contributed by atoms with Gasteiger partial charge in [0.1, 0.15) is 0 Å². The number of benzene rings is 1. The Balaban J connectivity index is 2.35. The van der Waals surface area contributed by atoms with Crippen molar-refractivity contribution in [2.45, 2.75) is 58.2 Å². The van der Waals surface area contributed by atoms with Gasteiger partial charge < -0.3 is 9.84 Å². The fourth-order valence-electron chi connectivity index (χ4n) is 2.94. The van der Waals surface area contributed by atoms with Gasteiger partial charge in [0.2, 0.25) is 0 Å². The molecule has 0 spiro atoms. The molecule has 0 aromatic heterocycles. The van der Waals surface area contributed by atoms with Gasteiger partial charge in [-0.1, -0.05) is 36.2 Å². The van der Waals surface area contributed by atoms with Crippen LogP contribution in [0.25, 0.3) is 0 Å². The third kappa shape index (κ3) is 2.60. The first-order chi connectivity index (χ1) is 8.37. The van der Waals surface area contributed by atoms with Crippen LogP contribution in [0.2, 0.25) is 0 Å². The van der Waals surface area contributed by atoms with Crippen LogP contribution in [-0.2, 0) is 10.3 Å². The number of aryl methyl sites for hydroxylation is 2. The SMILES string of the molecule is CCC1(C)CC(O)(c2cc(C)cc(C)c2)CCO1. The van der Waals surface area contributed by atoms with Crippen LogP contribution in [0.4, 0.5) is 0 Å². The van der Waals surface area contributed by atoms with E-state index in [0.717, 1.165) is 12.0 Å². The first-order valence-electron chi connectivity index (χ1n) is 6.82. The van der Waals surface area contributed by atoms with Crippen molar-refractivity contribution in [3.05, 3.63) is 34.9 Å². The lowest BCUT2D eigenvalue weighted by molar-refractivity contribution is -0.157. The lowest BCUT2D eigenvalue weighted by atomic mass is 9.77. The van der Waals surface area contributed by atoms with Crippen molar-refractivity contribution in [2.24, 2.45) is 0 Å². The van der Waals surface area contributed by atoms with Crippen molar-refractivity contribution < 1.29 is 9.84 Å². The lowest BCUT2D eigenvalue weighted by Crippen LogP contribution is -2.45. The van der Waals surface area contributed by atoms with Crippen LogP contribution in [0, 0.1) is 13.8 Å². The average molecular weight is 248 g/mol. The highest BCUT2D eigenvalue weighted by molar-refractivity contribution is 5.33. The monoisotopic (exact) mass is 248 g/mol. The summed E-state index contributed by atoms with van der Waals surface area (Å²) >= 11 is 0. The van der Waals surface area contributed by atoms with Gasteiger partial charge >= 0.3 is 0 Å². The van der Waals surface area contributed by atoms with E-state index in [-0.39, 0.29) is 5.60 Å². The Morgan fingerprint density at radius 2 is 1.83 bits per heavy atom. The summed E-state index contributed by atoms with van der Waals surface area (Å²) in [4.78, 5) is 0. The Morgan fingerprint density at radius 1 is 1.22 bits per heavy atom. The summed E-state index contributed by atoms with van der Waals surface area (Å²) in [5.74, 6) is 0. The third-order valence-corrected chi connectivity index (χ3v) is 4.14. The van der Waals surface area contributed by atoms with E-state index in [2.05, 4.69) is 45.9 Å². The van der Waals surface area contributed by atoms with E-state index in [0.29, 0.717) is 19.4 Å². The summed E-state index contributed by atoms with van der Waals surface area (Å²) in [5.41, 5.74) is 2.53. The van der Waals surface area contributed by atoms with Crippen LogP contribution in [0.1, 0.15) is 49.8 Å². The molecule has 1 fully saturated rings. The van der Waals surface area contributed by atoms with Crippen LogP contribution in [0.5, 0.6) is 0 Å². The van der Waals surface area contributed by atoms with E-state index in [1.54, 1.807) is 0 Å². The third-order valence-electron chi connectivity index (χ3n) is 4.14. The van der Waals surface area contributed by atoms with Crippen molar-refractivity contribution in [3.8, 4) is 0 Å². The van der Waals surface area contributed by atoms with E-state index < -0.39 is 5.60 Å². The number of hydrogen-bond acceptors (Lipinski definition) is 2. The van der Waals surface area contributed by atoms with Crippen molar-refractivity contribution in [1.82, 2.24) is 0 Å². The molecule has 2 atom stereocenters. The van der Waals surface area contributed by atoms with Gasteiger partial charge in [-0.15, -0.1) is 0 Å². The fourth-order valence-corrected chi connectivity index (χ4v) is 2.94. The van der Waals surface area contributed by atoms with Crippen LogP contribution in [0.15, 0.2) is 18.2 Å². The Labute approximate surface area is 110 Å². The molecule has 0 radical (unpaired) electrons. The van der Waals surface area contributed by atoms with Gasteiger partial charge in [-0.2, -0.15) is 0 Å². The molecule has 1 aromatic carbocycles. The van der Waals surface area contributed by atoms with Crippen LogP contribution in [0.3, 0.4) is 0 Å². The normalized spacial score (nSPS) is 32.5. The topological polar surface area (TPSA) is 29.5 Å². The molecule has 1 heterocycles. The summed E-state index contributed by atoms with van der Waals surface area (Å²) < 4.78 is 5.83. The molecule has 2 unspecified atom stereocenters. The maximum atomic E-state index is 11.0. The van der Waals surface area contributed by atoms with E-state index in [1.165, 1.54) is 11.1 Å². The summed E-state index contributed by atoms with van der Waals surface area (Å²) in [7, 11) is 0. The van der Waals surface area contributed by atoms with Gasteiger partial charge in [0.25, 0.3) is 0 Å². The summed E-state index contributed by atoms with van der Waals surface area (Å²) in [6.07, 6.45) is 2.30. The second kappa shape index (κ2) is 4.67. The highest BCUT2D eigenvalue weighted by Gasteiger charge is 2.42. The zero-order valence-corrected chi connectivity index (χ0v) is 11.9. The molecule has 1 aromatic rings. The maximum Gasteiger partial charge on any atom is 0.0946 e. The van der Waals surface area contributed by atoms with Crippen molar-refractivity contribution in [3.63, 3.8) is 0 Å². The van der Waals surface area contributed by atoms with Crippen molar-refractivity contribution in [1.29, 1.82) is 0 Å². The predicted octanol–water partition coefficient (Wildman–Crippen LogP) is 3.47. The number of ether oxygens (including phenoxy) is 1. The highest BCUT2D eigenvalue weighted by atomic mass is 16.5. The van der Waals surface area contributed by atoms with Crippen molar-refractivity contribution >= 4 is 0 Å². The van der Waals surface area contributed by atoms with Gasteiger partial charge in [-0.05, 0) is 32.8 Å². The molecule has 2 nitrogen and oxygen atoms in total. The average Bonchev–Trinajstić information content (AvgIpc) is 2.27. The van der Waals surface area contributed by atoms with E-state index in [4.69, 9.17) is 4.74 Å². The first-order valence-corrected chi connectivity index (χ1v) is 6.82. The second-order valence-corrected chi connectivity index (χ2v) is 5.99. The second-order valence-electron chi connectivity index (χ2n) is 5.99. The van der Waals surface area contributed by atoms with Gasteiger partial charge in [-0.25, -0.2) is 0 Å². The van der Waals surface area contributed by atoms with Crippen LogP contribution < -0.4 is 0 Å². The van der Waals surface area contributed by atoms with Gasteiger partial charge in [0.05, 0.1) is 17.8 Å². The minimum absolute atomic E-state index is 0.204. The molecule has 1 N–H and O–H groups in total. The molecule has 0 bridgehead atoms. The molecular formula is C16H24O2. The molecule has 100 valence electrons.